The second-order valence-corrected chi connectivity index (χ2v) is 11.1. The lowest BCUT2D eigenvalue weighted by Crippen LogP contribution is -2.27. The fourth-order valence-corrected chi connectivity index (χ4v) is 4.96. The normalized spacial score (nSPS) is 12.1. The number of hydrogen-bond donors (Lipinski definition) is 3. The quantitative estimate of drug-likeness (QED) is 0.215. The minimum Gasteiger partial charge on any atom is -0.481 e. The van der Waals surface area contributed by atoms with Crippen LogP contribution in [0.25, 0.3) is 10.8 Å². The molecule has 202 valence electrons. The van der Waals surface area contributed by atoms with Gasteiger partial charge < -0.3 is 15.2 Å². The molecule has 1 atom stereocenters. The number of benzene rings is 4. The molecular weight excluding hydrogens is 516 g/mol. The molecule has 0 heterocycles. The van der Waals surface area contributed by atoms with Crippen molar-refractivity contribution in [1.29, 1.82) is 0 Å². The summed E-state index contributed by atoms with van der Waals surface area (Å²) in [5.74, 6) is -0.301. The fraction of sp³-hybridized carbons (Fsp3) is 0.200. The molecule has 0 fully saturated rings. The Hall–Kier alpha value is -4.37. The summed E-state index contributed by atoms with van der Waals surface area (Å²) in [6.45, 7) is 1.93. The summed E-state index contributed by atoms with van der Waals surface area (Å²) in [4.78, 5) is 24.6. The number of carbonyl (C=O) groups excluding carboxylic acids is 1. The standard InChI is InChI=1S/C30H30N2O6S/c1-20(26-11-5-8-21-7-3-4-10-27(21)26)31-30(35)28-19-25(16-13-22(28)9-6-12-29(33)34)38-24-17-14-23(15-18-24)32-39(2,36)37/h3-5,7-8,10-11,13-20,32H,6,9,12H2,1-2H3,(H,31,35)(H,33,34)/t20-/m1/s1. The minimum absolute atomic E-state index is 0.000415. The number of sulfonamides is 1. The number of aryl methyl sites for hydroxylation is 1. The highest BCUT2D eigenvalue weighted by atomic mass is 32.2. The third-order valence-corrected chi connectivity index (χ3v) is 6.80. The number of aliphatic carboxylic acids is 1. The van der Waals surface area contributed by atoms with Gasteiger partial charge >= 0.3 is 5.97 Å². The maximum Gasteiger partial charge on any atom is 0.303 e. The van der Waals surface area contributed by atoms with Crippen molar-refractivity contribution in [1.82, 2.24) is 5.32 Å². The molecule has 9 heteroatoms. The van der Waals surface area contributed by atoms with Gasteiger partial charge in [-0.3, -0.25) is 14.3 Å². The van der Waals surface area contributed by atoms with Gasteiger partial charge in [0, 0.05) is 17.7 Å². The topological polar surface area (TPSA) is 122 Å². The van der Waals surface area contributed by atoms with Crippen LogP contribution in [-0.4, -0.2) is 31.7 Å². The second-order valence-electron chi connectivity index (χ2n) is 9.33. The molecule has 8 nitrogen and oxygen atoms in total. The Labute approximate surface area is 227 Å². The summed E-state index contributed by atoms with van der Waals surface area (Å²) in [6.07, 6.45) is 1.88. The van der Waals surface area contributed by atoms with Crippen LogP contribution in [0.15, 0.2) is 84.9 Å². The van der Waals surface area contributed by atoms with E-state index >= 15 is 0 Å². The van der Waals surface area contributed by atoms with E-state index in [1.54, 1.807) is 42.5 Å². The van der Waals surface area contributed by atoms with Crippen LogP contribution in [0.2, 0.25) is 0 Å². The third kappa shape index (κ3) is 7.58. The van der Waals surface area contributed by atoms with E-state index < -0.39 is 16.0 Å². The van der Waals surface area contributed by atoms with Crippen molar-refractivity contribution in [3.63, 3.8) is 0 Å². The summed E-state index contributed by atoms with van der Waals surface area (Å²) >= 11 is 0. The highest BCUT2D eigenvalue weighted by Gasteiger charge is 2.18. The predicted octanol–water partition coefficient (Wildman–Crippen LogP) is 5.90. The lowest BCUT2D eigenvalue weighted by molar-refractivity contribution is -0.137. The lowest BCUT2D eigenvalue weighted by Gasteiger charge is -2.19. The smallest absolute Gasteiger partial charge is 0.303 e. The zero-order chi connectivity index (χ0) is 28.0. The van der Waals surface area contributed by atoms with Gasteiger partial charge in [-0.15, -0.1) is 0 Å². The van der Waals surface area contributed by atoms with Gasteiger partial charge in [-0.2, -0.15) is 0 Å². The molecular formula is C30H30N2O6S. The monoisotopic (exact) mass is 546 g/mol. The van der Waals surface area contributed by atoms with Crippen LogP contribution in [0.1, 0.15) is 47.3 Å². The molecule has 4 rings (SSSR count). The van der Waals surface area contributed by atoms with Crippen LogP contribution in [-0.2, 0) is 21.2 Å². The van der Waals surface area contributed by atoms with E-state index in [1.165, 1.54) is 0 Å². The molecule has 39 heavy (non-hydrogen) atoms. The zero-order valence-electron chi connectivity index (χ0n) is 21.7. The van der Waals surface area contributed by atoms with Gasteiger partial charge in [-0.1, -0.05) is 48.5 Å². The van der Waals surface area contributed by atoms with Gasteiger partial charge in [-0.05, 0) is 78.1 Å². The SMILES string of the molecule is C[C@@H](NC(=O)c1cc(Oc2ccc(NS(C)(=O)=O)cc2)ccc1CCCC(=O)O)c1cccc2ccccc12. The van der Waals surface area contributed by atoms with E-state index in [2.05, 4.69) is 10.0 Å². The van der Waals surface area contributed by atoms with Crippen LogP contribution < -0.4 is 14.8 Å². The second kappa shape index (κ2) is 12.0. The Kier molecular flexibility index (Phi) is 8.51. The number of amides is 1. The number of fused-ring (bicyclic) bond motifs is 1. The van der Waals surface area contributed by atoms with E-state index in [1.807, 2.05) is 49.4 Å². The number of carbonyl (C=O) groups is 2. The number of carboxylic acids is 1. The van der Waals surface area contributed by atoms with Crippen LogP contribution >= 0.6 is 0 Å². The van der Waals surface area contributed by atoms with Crippen LogP contribution in [0.4, 0.5) is 5.69 Å². The van der Waals surface area contributed by atoms with Crippen LogP contribution in [0.3, 0.4) is 0 Å². The van der Waals surface area contributed by atoms with E-state index in [9.17, 15) is 18.0 Å². The maximum absolute atomic E-state index is 13.5. The molecule has 0 radical (unpaired) electrons. The third-order valence-electron chi connectivity index (χ3n) is 6.19. The van der Waals surface area contributed by atoms with E-state index in [-0.39, 0.29) is 18.4 Å². The molecule has 0 aromatic heterocycles. The van der Waals surface area contributed by atoms with Gasteiger partial charge in [0.25, 0.3) is 5.91 Å². The van der Waals surface area contributed by atoms with Gasteiger partial charge in [0.2, 0.25) is 10.0 Å². The predicted molar refractivity (Wildman–Crippen MR) is 152 cm³/mol. The summed E-state index contributed by atoms with van der Waals surface area (Å²) < 4.78 is 31.2. The van der Waals surface area contributed by atoms with Crippen molar-refractivity contribution >= 4 is 38.4 Å². The Balaban J connectivity index is 1.57. The molecule has 0 saturated heterocycles. The number of rotatable bonds is 11. The molecule has 0 unspecified atom stereocenters. The first-order valence-electron chi connectivity index (χ1n) is 12.5. The first-order valence-corrected chi connectivity index (χ1v) is 14.4. The molecule has 0 aliphatic heterocycles. The average molecular weight is 547 g/mol. The van der Waals surface area contributed by atoms with Crippen LogP contribution in [0, 0.1) is 0 Å². The lowest BCUT2D eigenvalue weighted by atomic mass is 9.98. The summed E-state index contributed by atoms with van der Waals surface area (Å²) in [5.41, 5.74) is 2.52. The van der Waals surface area contributed by atoms with E-state index in [0.29, 0.717) is 35.6 Å². The number of nitrogens with one attached hydrogen (secondary N) is 2. The van der Waals surface area contributed by atoms with Crippen LogP contribution in [0.5, 0.6) is 11.5 Å². The Morgan fingerprint density at radius 1 is 0.923 bits per heavy atom. The summed E-state index contributed by atoms with van der Waals surface area (Å²) in [7, 11) is -3.40. The minimum atomic E-state index is -3.40. The molecule has 3 N–H and O–H groups in total. The summed E-state index contributed by atoms with van der Waals surface area (Å²) in [6, 6.07) is 25.2. The maximum atomic E-state index is 13.5. The van der Waals surface area contributed by atoms with Gasteiger partial charge in [0.1, 0.15) is 11.5 Å². The van der Waals surface area contributed by atoms with Gasteiger partial charge in [0.15, 0.2) is 0 Å². The summed E-state index contributed by atoms with van der Waals surface area (Å²) in [5, 5.41) is 14.3. The van der Waals surface area contributed by atoms with Crippen molar-refractivity contribution in [2.45, 2.75) is 32.2 Å². The first-order chi connectivity index (χ1) is 18.6. The number of anilines is 1. The molecule has 0 bridgehead atoms. The fourth-order valence-electron chi connectivity index (χ4n) is 4.40. The molecule has 4 aromatic rings. The molecule has 4 aromatic carbocycles. The van der Waals surface area contributed by atoms with Crippen molar-refractivity contribution in [3.05, 3.63) is 102 Å². The van der Waals surface area contributed by atoms with Gasteiger partial charge in [0.05, 0.1) is 12.3 Å². The van der Waals surface area contributed by atoms with Crippen molar-refractivity contribution in [2.24, 2.45) is 0 Å². The first kappa shape index (κ1) is 27.7. The number of ether oxygens (including phenoxy) is 1. The zero-order valence-corrected chi connectivity index (χ0v) is 22.5. The van der Waals surface area contributed by atoms with Crippen molar-refractivity contribution in [2.75, 3.05) is 11.0 Å². The van der Waals surface area contributed by atoms with Gasteiger partial charge in [-0.25, -0.2) is 8.42 Å². The molecule has 0 aliphatic carbocycles. The Morgan fingerprint density at radius 2 is 1.62 bits per heavy atom. The van der Waals surface area contributed by atoms with Crippen molar-refractivity contribution < 1.29 is 27.9 Å². The molecule has 0 saturated carbocycles. The molecule has 0 spiro atoms. The van der Waals surface area contributed by atoms with E-state index in [0.717, 1.165) is 28.2 Å². The number of carboxylic acid groups (broad SMARTS) is 1. The Morgan fingerprint density at radius 3 is 2.33 bits per heavy atom. The number of hydrogen-bond acceptors (Lipinski definition) is 5. The highest BCUT2D eigenvalue weighted by Crippen LogP contribution is 2.28. The molecule has 1 amide bonds. The molecule has 0 aliphatic rings. The Bertz CT molecular complexity index is 1590. The van der Waals surface area contributed by atoms with Crippen molar-refractivity contribution in [3.8, 4) is 11.5 Å². The largest absolute Gasteiger partial charge is 0.481 e. The van der Waals surface area contributed by atoms with E-state index in [4.69, 9.17) is 9.84 Å². The average Bonchev–Trinajstić information content (AvgIpc) is 2.89. The highest BCUT2D eigenvalue weighted by molar-refractivity contribution is 7.92.